The molecule has 0 spiro atoms. The van der Waals surface area contributed by atoms with Gasteiger partial charge in [0.25, 0.3) is 5.91 Å². The molecule has 30 heavy (non-hydrogen) atoms. The van der Waals surface area contributed by atoms with E-state index in [0.717, 1.165) is 18.4 Å². The molecule has 0 aliphatic heterocycles. The van der Waals surface area contributed by atoms with E-state index in [1.54, 1.807) is 12.1 Å². The lowest BCUT2D eigenvalue weighted by atomic mass is 10.0. The Labute approximate surface area is 174 Å². The number of aliphatic hydroxyl groups excluding tert-OH is 1. The van der Waals surface area contributed by atoms with Gasteiger partial charge in [-0.1, -0.05) is 23.8 Å². The number of nitrogens with one attached hydrogen (secondary N) is 3. The summed E-state index contributed by atoms with van der Waals surface area (Å²) < 4.78 is 0. The van der Waals surface area contributed by atoms with Crippen LogP contribution in [0.4, 0.5) is 0 Å². The first-order valence-corrected chi connectivity index (χ1v) is 10.0. The van der Waals surface area contributed by atoms with E-state index in [1.165, 1.54) is 12.1 Å². The normalized spacial score (nSPS) is 12.1. The van der Waals surface area contributed by atoms with E-state index in [0.29, 0.717) is 41.7 Å². The van der Waals surface area contributed by atoms with E-state index >= 15 is 0 Å². The van der Waals surface area contributed by atoms with Gasteiger partial charge in [0.05, 0.1) is 11.6 Å². The fraction of sp³-hybridized carbons (Fsp3) is 0.304. The van der Waals surface area contributed by atoms with Gasteiger partial charge in [0.1, 0.15) is 5.75 Å². The molecule has 1 amide bonds. The van der Waals surface area contributed by atoms with Crippen LogP contribution in [0, 0.1) is 6.92 Å². The number of amides is 1. The lowest BCUT2D eigenvalue weighted by Crippen LogP contribution is -2.26. The largest absolute Gasteiger partial charge is 0.506 e. The van der Waals surface area contributed by atoms with Gasteiger partial charge in [-0.25, -0.2) is 0 Å². The molecule has 158 valence electrons. The molecule has 1 heterocycles. The summed E-state index contributed by atoms with van der Waals surface area (Å²) in [5.41, 5.74) is 2.43. The van der Waals surface area contributed by atoms with Gasteiger partial charge >= 0.3 is 0 Å². The quantitative estimate of drug-likeness (QED) is 0.348. The number of unbranched alkanes of at least 4 members (excludes halogenated alkanes) is 1. The van der Waals surface area contributed by atoms with Crippen molar-refractivity contribution in [3.05, 3.63) is 75.6 Å². The molecule has 1 atom stereocenters. The maximum absolute atomic E-state index is 12.0. The number of hydrogen-bond donors (Lipinski definition) is 5. The van der Waals surface area contributed by atoms with Crippen LogP contribution in [0.1, 0.15) is 40.4 Å². The molecule has 3 aromatic rings. The van der Waals surface area contributed by atoms with Crippen LogP contribution in [0.15, 0.2) is 53.3 Å². The molecule has 1 aromatic heterocycles. The molecule has 0 saturated carbocycles. The number of aliphatic hydroxyl groups is 1. The van der Waals surface area contributed by atoms with Gasteiger partial charge < -0.3 is 25.8 Å². The monoisotopic (exact) mass is 409 g/mol. The van der Waals surface area contributed by atoms with Gasteiger partial charge in [-0.05, 0) is 56.1 Å². The average Bonchev–Trinajstić information content (AvgIpc) is 2.74. The zero-order valence-corrected chi connectivity index (χ0v) is 16.9. The Morgan fingerprint density at radius 3 is 2.53 bits per heavy atom. The van der Waals surface area contributed by atoms with Crippen LogP contribution in [0.25, 0.3) is 10.9 Å². The van der Waals surface area contributed by atoms with Crippen LogP contribution in [0.5, 0.6) is 5.75 Å². The van der Waals surface area contributed by atoms with Gasteiger partial charge in [-0.3, -0.25) is 9.59 Å². The highest BCUT2D eigenvalue weighted by atomic mass is 16.3. The summed E-state index contributed by atoms with van der Waals surface area (Å²) in [4.78, 5) is 26.1. The molecule has 2 aromatic carbocycles. The van der Waals surface area contributed by atoms with Crippen LogP contribution >= 0.6 is 0 Å². The minimum Gasteiger partial charge on any atom is -0.506 e. The van der Waals surface area contributed by atoms with E-state index in [1.807, 2.05) is 31.2 Å². The summed E-state index contributed by atoms with van der Waals surface area (Å²) in [5.74, 6) is -0.102. The van der Waals surface area contributed by atoms with Gasteiger partial charge in [-0.2, -0.15) is 0 Å². The number of H-pyrrole nitrogens is 1. The van der Waals surface area contributed by atoms with Crippen LogP contribution in [0.3, 0.4) is 0 Å². The molecule has 0 bridgehead atoms. The van der Waals surface area contributed by atoms with Crippen LogP contribution < -0.4 is 16.2 Å². The Bertz CT molecular complexity index is 1060. The van der Waals surface area contributed by atoms with Crippen molar-refractivity contribution in [1.29, 1.82) is 0 Å². The number of hydrogen-bond acceptors (Lipinski definition) is 5. The van der Waals surface area contributed by atoms with Crippen LogP contribution in [-0.4, -0.2) is 40.7 Å². The highest BCUT2D eigenvalue weighted by Crippen LogP contribution is 2.28. The van der Waals surface area contributed by atoms with E-state index in [9.17, 15) is 19.8 Å². The summed E-state index contributed by atoms with van der Waals surface area (Å²) in [5, 5.41) is 27.2. The van der Waals surface area contributed by atoms with Crippen molar-refractivity contribution in [2.24, 2.45) is 0 Å². The zero-order chi connectivity index (χ0) is 21.5. The van der Waals surface area contributed by atoms with Crippen molar-refractivity contribution in [1.82, 2.24) is 15.6 Å². The fourth-order valence-corrected chi connectivity index (χ4v) is 3.28. The third-order valence-electron chi connectivity index (χ3n) is 4.98. The number of aromatic hydroxyl groups is 1. The summed E-state index contributed by atoms with van der Waals surface area (Å²) in [7, 11) is 0. The molecule has 0 radical (unpaired) electrons. The van der Waals surface area contributed by atoms with Gasteiger partial charge in [0.15, 0.2) is 0 Å². The van der Waals surface area contributed by atoms with E-state index in [2.05, 4.69) is 15.6 Å². The first-order valence-electron chi connectivity index (χ1n) is 10.0. The van der Waals surface area contributed by atoms with E-state index in [4.69, 9.17) is 0 Å². The number of rotatable bonds is 9. The minimum atomic E-state index is -0.778. The van der Waals surface area contributed by atoms with Gasteiger partial charge in [0.2, 0.25) is 5.56 Å². The maximum atomic E-state index is 12.0. The molecular formula is C23H27N3O4. The van der Waals surface area contributed by atoms with E-state index in [-0.39, 0.29) is 17.2 Å². The number of carbonyl (C=O) groups excluding carboxylic acids is 1. The number of fused-ring (bicyclic) bond motifs is 1. The molecule has 7 heteroatoms. The molecule has 0 unspecified atom stereocenters. The lowest BCUT2D eigenvalue weighted by Gasteiger charge is -2.15. The average molecular weight is 409 g/mol. The molecule has 0 aliphatic rings. The summed E-state index contributed by atoms with van der Waals surface area (Å²) >= 11 is 0. The van der Waals surface area contributed by atoms with Crippen molar-refractivity contribution in [3.63, 3.8) is 0 Å². The molecule has 3 rings (SSSR count). The molecule has 0 aliphatic carbocycles. The number of phenols is 1. The highest BCUT2D eigenvalue weighted by Gasteiger charge is 2.13. The molecular weight excluding hydrogens is 382 g/mol. The van der Waals surface area contributed by atoms with Gasteiger partial charge in [0, 0.05) is 30.1 Å². The Morgan fingerprint density at radius 2 is 1.77 bits per heavy atom. The van der Waals surface area contributed by atoms with Crippen LogP contribution in [0.2, 0.25) is 0 Å². The lowest BCUT2D eigenvalue weighted by molar-refractivity contribution is 0.0953. The number of pyridine rings is 1. The third-order valence-corrected chi connectivity index (χ3v) is 4.98. The van der Waals surface area contributed by atoms with Crippen LogP contribution in [-0.2, 0) is 0 Å². The maximum Gasteiger partial charge on any atom is 0.251 e. The standard InChI is InChI=1S/C23H27N3O4/c1-15-4-6-16(7-5-15)23(30)25-13-3-2-12-24-14-20(28)17-8-10-19(27)22-18(17)9-11-21(29)26-22/h4-11,20,24,27-28H,2-3,12-14H2,1H3,(H,25,30)(H,26,29)/t20-/m1/s1. The highest BCUT2D eigenvalue weighted by molar-refractivity contribution is 5.94. The topological polar surface area (TPSA) is 114 Å². The number of carbonyl (C=O) groups is 1. The Balaban J connectivity index is 1.40. The van der Waals surface area contributed by atoms with E-state index < -0.39 is 6.10 Å². The van der Waals surface area contributed by atoms with Gasteiger partial charge in [-0.15, -0.1) is 0 Å². The predicted molar refractivity (Wildman–Crippen MR) is 117 cm³/mol. The molecule has 0 saturated heterocycles. The zero-order valence-electron chi connectivity index (χ0n) is 16.9. The molecule has 5 N–H and O–H groups in total. The number of phenolic OH excluding ortho intramolecular Hbond substituents is 1. The summed E-state index contributed by atoms with van der Waals surface area (Å²) in [6, 6.07) is 13.6. The van der Waals surface area contributed by atoms with Crippen molar-refractivity contribution in [2.75, 3.05) is 19.6 Å². The van der Waals surface area contributed by atoms with Crippen molar-refractivity contribution >= 4 is 16.8 Å². The number of aromatic nitrogens is 1. The fourth-order valence-electron chi connectivity index (χ4n) is 3.28. The minimum absolute atomic E-state index is 0.0284. The SMILES string of the molecule is Cc1ccc(C(=O)NCCCCNC[C@@H](O)c2ccc(O)c3[nH]c(=O)ccc23)cc1. The van der Waals surface area contributed by atoms with Crippen molar-refractivity contribution in [2.45, 2.75) is 25.9 Å². The predicted octanol–water partition coefficient (Wildman–Crippen LogP) is 2.38. The number of aryl methyl sites for hydroxylation is 1. The second kappa shape index (κ2) is 10.0. The molecule has 0 fully saturated rings. The smallest absolute Gasteiger partial charge is 0.251 e. The van der Waals surface area contributed by atoms with Crippen molar-refractivity contribution < 1.29 is 15.0 Å². The Morgan fingerprint density at radius 1 is 1.03 bits per heavy atom. The second-order valence-electron chi connectivity index (χ2n) is 7.33. The number of benzene rings is 2. The Kier molecular flexibility index (Phi) is 7.21. The summed E-state index contributed by atoms with van der Waals surface area (Å²) in [6.07, 6.45) is 0.898. The van der Waals surface area contributed by atoms with Crippen molar-refractivity contribution in [3.8, 4) is 5.75 Å². The second-order valence-corrected chi connectivity index (χ2v) is 7.33. The molecule has 7 nitrogen and oxygen atoms in total. The number of aromatic amines is 1. The first kappa shape index (κ1) is 21.5. The third kappa shape index (κ3) is 5.46. The first-order chi connectivity index (χ1) is 14.5. The summed E-state index contributed by atoms with van der Waals surface area (Å²) in [6.45, 7) is 3.61. The Hall–Kier alpha value is -3.16.